The Labute approximate surface area is 95.3 Å². The highest BCUT2D eigenvalue weighted by Crippen LogP contribution is 2.28. The molecular weight excluding hydrogens is 202 g/mol. The second-order valence-corrected chi connectivity index (χ2v) is 4.17. The third kappa shape index (κ3) is 2.15. The van der Waals surface area contributed by atoms with Gasteiger partial charge in [-0.25, -0.2) is 4.98 Å². The Morgan fingerprint density at radius 1 is 1.56 bits per heavy atom. The summed E-state index contributed by atoms with van der Waals surface area (Å²) in [6, 6.07) is 3.84. The molecule has 0 unspecified atom stereocenters. The first-order valence-electron chi connectivity index (χ1n) is 5.72. The van der Waals surface area contributed by atoms with Crippen LogP contribution in [-0.4, -0.2) is 17.4 Å². The summed E-state index contributed by atoms with van der Waals surface area (Å²) in [7, 11) is 0. The number of nitrogens with two attached hydrogens (primary N) is 1. The monoisotopic (exact) mass is 219 g/mol. The molecule has 1 aliphatic heterocycles. The van der Waals surface area contributed by atoms with Crippen LogP contribution in [0.2, 0.25) is 0 Å². The van der Waals surface area contributed by atoms with E-state index in [4.69, 9.17) is 5.73 Å². The zero-order valence-electron chi connectivity index (χ0n) is 9.49. The maximum Gasteiger partial charge on any atom is 0.220 e. The van der Waals surface area contributed by atoms with Gasteiger partial charge in [0.15, 0.2) is 0 Å². The van der Waals surface area contributed by atoms with Gasteiger partial charge in [0.25, 0.3) is 0 Å². The van der Waals surface area contributed by atoms with E-state index in [-0.39, 0.29) is 5.91 Å². The average molecular weight is 219 g/mol. The smallest absolute Gasteiger partial charge is 0.220 e. The molecule has 1 amide bonds. The largest absolute Gasteiger partial charge is 0.384 e. The van der Waals surface area contributed by atoms with Gasteiger partial charge in [-0.05, 0) is 30.4 Å². The molecule has 4 heteroatoms. The van der Waals surface area contributed by atoms with Crippen molar-refractivity contribution in [3.05, 3.63) is 23.4 Å². The normalized spacial score (nSPS) is 20.6. The third-order valence-electron chi connectivity index (χ3n) is 3.05. The number of nitrogen functional groups attached to an aromatic ring is 1. The minimum absolute atomic E-state index is 0.134. The molecule has 2 rings (SSSR count). The Kier molecular flexibility index (Phi) is 3.08. The average Bonchev–Trinajstić information content (AvgIpc) is 2.28. The van der Waals surface area contributed by atoms with Crippen LogP contribution < -0.4 is 11.1 Å². The fourth-order valence-electron chi connectivity index (χ4n) is 2.23. The van der Waals surface area contributed by atoms with Gasteiger partial charge in [-0.15, -0.1) is 0 Å². The highest BCUT2D eigenvalue weighted by molar-refractivity contribution is 5.77. The van der Waals surface area contributed by atoms with E-state index >= 15 is 0 Å². The number of aromatic nitrogens is 1. The summed E-state index contributed by atoms with van der Waals surface area (Å²) < 4.78 is 0. The number of hydrogen-bond acceptors (Lipinski definition) is 3. The predicted molar refractivity (Wildman–Crippen MR) is 63.0 cm³/mol. The number of carbonyl (C=O) groups is 1. The van der Waals surface area contributed by atoms with E-state index in [0.717, 1.165) is 25.1 Å². The van der Waals surface area contributed by atoms with E-state index in [1.807, 2.05) is 12.1 Å². The molecule has 3 N–H and O–H groups in total. The molecule has 0 aromatic carbocycles. The lowest BCUT2D eigenvalue weighted by atomic mass is 9.88. The molecule has 1 aromatic heterocycles. The lowest BCUT2D eigenvalue weighted by molar-refractivity contribution is -0.122. The van der Waals surface area contributed by atoms with Crippen molar-refractivity contribution in [2.75, 3.05) is 12.3 Å². The lowest BCUT2D eigenvalue weighted by Gasteiger charge is -2.24. The Hall–Kier alpha value is -1.58. The van der Waals surface area contributed by atoms with Crippen LogP contribution >= 0.6 is 0 Å². The van der Waals surface area contributed by atoms with Crippen LogP contribution in [0.5, 0.6) is 0 Å². The number of nitrogens with zero attached hydrogens (tertiary/aromatic N) is 1. The molecule has 1 aliphatic rings. The summed E-state index contributed by atoms with van der Waals surface area (Å²) in [4.78, 5) is 15.7. The second kappa shape index (κ2) is 4.51. The molecule has 86 valence electrons. The Morgan fingerprint density at radius 2 is 2.38 bits per heavy atom. The standard InChI is InChI=1S/C12H17N3O/c1-2-10-9(3-4-11(13)15-10)8-5-6-14-12(16)7-8/h3-4,8H,2,5-7H2,1H3,(H2,13,15)(H,14,16)/t8-/m0/s1. The molecule has 0 saturated carbocycles. The van der Waals surface area contributed by atoms with Crippen molar-refractivity contribution in [3.8, 4) is 0 Å². The third-order valence-corrected chi connectivity index (χ3v) is 3.05. The summed E-state index contributed by atoms with van der Waals surface area (Å²) >= 11 is 0. The number of pyridine rings is 1. The number of hydrogen-bond donors (Lipinski definition) is 2. The van der Waals surface area contributed by atoms with Gasteiger partial charge in [0.05, 0.1) is 0 Å². The maximum atomic E-state index is 11.4. The summed E-state index contributed by atoms with van der Waals surface area (Å²) in [5.41, 5.74) is 7.88. The van der Waals surface area contributed by atoms with Crippen LogP contribution in [0.4, 0.5) is 5.82 Å². The first-order chi connectivity index (χ1) is 7.70. The van der Waals surface area contributed by atoms with Crippen molar-refractivity contribution in [1.29, 1.82) is 0 Å². The van der Waals surface area contributed by atoms with Crippen molar-refractivity contribution in [1.82, 2.24) is 10.3 Å². The van der Waals surface area contributed by atoms with Crippen LogP contribution in [0.1, 0.15) is 36.9 Å². The zero-order valence-corrected chi connectivity index (χ0v) is 9.49. The first-order valence-corrected chi connectivity index (χ1v) is 5.72. The lowest BCUT2D eigenvalue weighted by Crippen LogP contribution is -2.33. The van der Waals surface area contributed by atoms with Crippen LogP contribution in [0.25, 0.3) is 0 Å². The topological polar surface area (TPSA) is 68.0 Å². The molecule has 1 fully saturated rings. The number of amides is 1. The van der Waals surface area contributed by atoms with E-state index in [2.05, 4.69) is 17.2 Å². The predicted octanol–water partition coefficient (Wildman–Crippen LogP) is 1.22. The molecule has 0 aliphatic carbocycles. The van der Waals surface area contributed by atoms with Gasteiger partial charge < -0.3 is 11.1 Å². The summed E-state index contributed by atoms with van der Waals surface area (Å²) in [5, 5.41) is 2.85. The van der Waals surface area contributed by atoms with Gasteiger partial charge in [-0.3, -0.25) is 4.79 Å². The fraction of sp³-hybridized carbons (Fsp3) is 0.500. The zero-order chi connectivity index (χ0) is 11.5. The molecular formula is C12H17N3O. The Bertz CT molecular complexity index is 403. The number of carbonyl (C=O) groups excluding carboxylic acids is 1. The van der Waals surface area contributed by atoms with Crippen LogP contribution in [-0.2, 0) is 11.2 Å². The molecule has 1 atom stereocenters. The van der Waals surface area contributed by atoms with Gasteiger partial charge in [0.1, 0.15) is 5.82 Å². The maximum absolute atomic E-state index is 11.4. The molecule has 2 heterocycles. The van der Waals surface area contributed by atoms with E-state index in [0.29, 0.717) is 18.2 Å². The molecule has 1 aromatic rings. The molecule has 0 radical (unpaired) electrons. The SMILES string of the molecule is CCc1nc(N)ccc1[C@H]1CCNC(=O)C1. The molecule has 0 bridgehead atoms. The number of anilines is 1. The second-order valence-electron chi connectivity index (χ2n) is 4.17. The van der Waals surface area contributed by atoms with Crippen molar-refractivity contribution in [2.24, 2.45) is 0 Å². The van der Waals surface area contributed by atoms with E-state index < -0.39 is 0 Å². The highest BCUT2D eigenvalue weighted by Gasteiger charge is 2.22. The first kappa shape index (κ1) is 10.9. The summed E-state index contributed by atoms with van der Waals surface area (Å²) in [6.07, 6.45) is 2.42. The number of rotatable bonds is 2. The van der Waals surface area contributed by atoms with Gasteiger partial charge >= 0.3 is 0 Å². The quantitative estimate of drug-likeness (QED) is 0.785. The molecule has 0 spiro atoms. The van der Waals surface area contributed by atoms with Crippen LogP contribution in [0, 0.1) is 0 Å². The fourth-order valence-corrected chi connectivity index (χ4v) is 2.23. The van der Waals surface area contributed by atoms with Gasteiger partial charge in [-0.1, -0.05) is 13.0 Å². The molecule has 1 saturated heterocycles. The van der Waals surface area contributed by atoms with E-state index in [1.165, 1.54) is 5.56 Å². The van der Waals surface area contributed by atoms with Crippen LogP contribution in [0.15, 0.2) is 12.1 Å². The van der Waals surface area contributed by atoms with Gasteiger partial charge in [0, 0.05) is 18.7 Å². The number of nitrogens with one attached hydrogen (secondary N) is 1. The molecule has 16 heavy (non-hydrogen) atoms. The minimum Gasteiger partial charge on any atom is -0.384 e. The Morgan fingerprint density at radius 3 is 3.06 bits per heavy atom. The van der Waals surface area contributed by atoms with Crippen LogP contribution in [0.3, 0.4) is 0 Å². The van der Waals surface area contributed by atoms with Crippen molar-refractivity contribution in [3.63, 3.8) is 0 Å². The van der Waals surface area contributed by atoms with E-state index in [9.17, 15) is 4.79 Å². The molecule has 4 nitrogen and oxygen atoms in total. The Balaban J connectivity index is 2.28. The highest BCUT2D eigenvalue weighted by atomic mass is 16.1. The van der Waals surface area contributed by atoms with E-state index in [1.54, 1.807) is 0 Å². The van der Waals surface area contributed by atoms with Crippen molar-refractivity contribution < 1.29 is 4.79 Å². The number of piperidine rings is 1. The van der Waals surface area contributed by atoms with Gasteiger partial charge in [-0.2, -0.15) is 0 Å². The minimum atomic E-state index is 0.134. The van der Waals surface area contributed by atoms with Crippen molar-refractivity contribution >= 4 is 11.7 Å². The number of aryl methyl sites for hydroxylation is 1. The summed E-state index contributed by atoms with van der Waals surface area (Å²) in [5.74, 6) is 0.993. The van der Waals surface area contributed by atoms with Gasteiger partial charge in [0.2, 0.25) is 5.91 Å². The summed E-state index contributed by atoms with van der Waals surface area (Å²) in [6.45, 7) is 2.82. The van der Waals surface area contributed by atoms with Crippen molar-refractivity contribution in [2.45, 2.75) is 32.1 Å².